The second-order valence-electron chi connectivity index (χ2n) is 5.72. The summed E-state index contributed by atoms with van der Waals surface area (Å²) in [4.78, 5) is 11.0. The van der Waals surface area contributed by atoms with Crippen LogP contribution < -0.4 is 9.47 Å². The largest absolute Gasteiger partial charge is 0.573 e. The maximum Gasteiger partial charge on any atom is 0.573 e. The first-order valence-corrected chi connectivity index (χ1v) is 7.45. The van der Waals surface area contributed by atoms with E-state index in [4.69, 9.17) is 14.6 Å². The molecule has 1 fully saturated rings. The van der Waals surface area contributed by atoms with Crippen LogP contribution in [0.15, 0.2) is 24.3 Å². The monoisotopic (exact) mass is 373 g/mol. The van der Waals surface area contributed by atoms with Gasteiger partial charge in [-0.3, -0.25) is 0 Å². The number of carboxylic acids is 1. The van der Waals surface area contributed by atoms with E-state index in [1.54, 1.807) is 0 Å². The van der Waals surface area contributed by atoms with Crippen LogP contribution in [-0.2, 0) is 10.3 Å². The molecule has 1 saturated carbocycles. The van der Waals surface area contributed by atoms with Crippen molar-refractivity contribution >= 4 is 5.97 Å². The molecule has 140 valence electrons. The van der Waals surface area contributed by atoms with Crippen LogP contribution >= 0.6 is 0 Å². The molecule has 0 radical (unpaired) electrons. The number of alkyl halides is 3. The summed E-state index contributed by atoms with van der Waals surface area (Å²) in [6, 6.07) is 5.38. The molecule has 3 rings (SSSR count). The maximum atomic E-state index is 12.2. The van der Waals surface area contributed by atoms with Gasteiger partial charge in [0.2, 0.25) is 5.69 Å². The molecule has 1 aromatic carbocycles. The minimum Gasteiger partial charge on any atom is -0.476 e. The summed E-state index contributed by atoms with van der Waals surface area (Å²) in [7, 11) is 1.48. The number of nitrogens with one attached hydrogen (secondary N) is 1. The number of carbonyl (C=O) groups is 1. The van der Waals surface area contributed by atoms with Gasteiger partial charge in [0.15, 0.2) is 0 Å². The number of aromatic nitrogens is 3. The van der Waals surface area contributed by atoms with Crippen molar-refractivity contribution in [2.24, 2.45) is 0 Å². The Morgan fingerprint density at radius 2 is 1.96 bits per heavy atom. The molecule has 0 bridgehead atoms. The highest BCUT2D eigenvalue weighted by Gasteiger charge is 2.48. The molecule has 8 nitrogen and oxygen atoms in total. The van der Waals surface area contributed by atoms with Gasteiger partial charge in [-0.15, -0.1) is 13.2 Å². The van der Waals surface area contributed by atoms with Crippen molar-refractivity contribution in [3.05, 3.63) is 35.5 Å². The fourth-order valence-corrected chi connectivity index (χ4v) is 2.84. The quantitative estimate of drug-likeness (QED) is 0.801. The van der Waals surface area contributed by atoms with Gasteiger partial charge in [-0.25, -0.2) is 9.89 Å². The number of ether oxygens (including phenoxy) is 3. The van der Waals surface area contributed by atoms with E-state index in [0.29, 0.717) is 18.4 Å². The van der Waals surface area contributed by atoms with Crippen molar-refractivity contribution in [1.82, 2.24) is 15.4 Å². The zero-order chi connectivity index (χ0) is 18.9. The SMILES string of the molecule is COC1(c2ccc(OC(F)(F)F)cc2)CC(Oc2nn[nH]c2C(=O)O)C1. The van der Waals surface area contributed by atoms with Crippen LogP contribution in [0.1, 0.15) is 28.9 Å². The average Bonchev–Trinajstić information content (AvgIpc) is 2.98. The molecule has 0 aliphatic heterocycles. The van der Waals surface area contributed by atoms with Crippen LogP contribution in [0.5, 0.6) is 11.6 Å². The van der Waals surface area contributed by atoms with Crippen molar-refractivity contribution in [2.75, 3.05) is 7.11 Å². The number of halogens is 3. The lowest BCUT2D eigenvalue weighted by Gasteiger charge is -2.46. The molecule has 0 saturated heterocycles. The van der Waals surface area contributed by atoms with E-state index in [0.717, 1.165) is 0 Å². The predicted octanol–water partition coefficient (Wildman–Crippen LogP) is 2.48. The van der Waals surface area contributed by atoms with Crippen LogP contribution in [0.4, 0.5) is 13.2 Å². The summed E-state index contributed by atoms with van der Waals surface area (Å²) in [6.45, 7) is 0. The molecule has 0 unspecified atom stereocenters. The standard InChI is InChI=1S/C15H14F3N3O5/c1-24-14(8-2-4-9(5-3-8)26-15(16,17)18)6-10(7-14)25-12-11(13(22)23)19-21-20-12/h2-5,10H,6-7H2,1H3,(H,22,23)(H,19,20,21). The number of benzene rings is 1. The lowest BCUT2D eigenvalue weighted by Crippen LogP contribution is -2.48. The van der Waals surface area contributed by atoms with Crippen molar-refractivity contribution in [1.29, 1.82) is 0 Å². The van der Waals surface area contributed by atoms with E-state index < -0.39 is 17.9 Å². The van der Waals surface area contributed by atoms with E-state index in [-0.39, 0.29) is 23.4 Å². The second-order valence-corrected chi connectivity index (χ2v) is 5.72. The predicted molar refractivity (Wildman–Crippen MR) is 78.8 cm³/mol. The van der Waals surface area contributed by atoms with Crippen LogP contribution in [0, 0.1) is 0 Å². The molecule has 1 aliphatic carbocycles. The van der Waals surface area contributed by atoms with Crippen LogP contribution in [-0.4, -0.2) is 46.1 Å². The number of rotatable bonds is 6. The Hall–Kier alpha value is -2.82. The van der Waals surface area contributed by atoms with Crippen LogP contribution in [0.2, 0.25) is 0 Å². The number of aromatic carboxylic acids is 1. The lowest BCUT2D eigenvalue weighted by atomic mass is 9.72. The summed E-state index contributed by atoms with van der Waals surface area (Å²) < 4.78 is 51.5. The highest BCUT2D eigenvalue weighted by molar-refractivity contribution is 5.87. The van der Waals surface area contributed by atoms with E-state index in [2.05, 4.69) is 20.1 Å². The van der Waals surface area contributed by atoms with Crippen LogP contribution in [0.25, 0.3) is 0 Å². The number of carboxylic acid groups (broad SMARTS) is 1. The van der Waals surface area contributed by atoms with Crippen molar-refractivity contribution in [3.63, 3.8) is 0 Å². The lowest BCUT2D eigenvalue weighted by molar-refractivity contribution is -0.274. The Morgan fingerprint density at radius 3 is 2.50 bits per heavy atom. The summed E-state index contributed by atoms with van der Waals surface area (Å²) in [5.74, 6) is -1.70. The van der Waals surface area contributed by atoms with Crippen LogP contribution in [0.3, 0.4) is 0 Å². The van der Waals surface area contributed by atoms with E-state index in [9.17, 15) is 18.0 Å². The van der Waals surface area contributed by atoms with Crippen molar-refractivity contribution < 1.29 is 37.3 Å². The van der Waals surface area contributed by atoms with Gasteiger partial charge in [0.25, 0.3) is 5.88 Å². The van der Waals surface area contributed by atoms with Gasteiger partial charge in [-0.05, 0) is 17.7 Å². The topological polar surface area (TPSA) is 107 Å². The van der Waals surface area contributed by atoms with E-state index in [1.807, 2.05) is 0 Å². The van der Waals surface area contributed by atoms with Gasteiger partial charge < -0.3 is 19.3 Å². The molecule has 2 aromatic rings. The number of hydrogen-bond acceptors (Lipinski definition) is 6. The van der Waals surface area contributed by atoms with Crippen molar-refractivity contribution in [2.45, 2.75) is 30.9 Å². The highest BCUT2D eigenvalue weighted by Crippen LogP contribution is 2.46. The Balaban J connectivity index is 1.67. The molecule has 2 N–H and O–H groups in total. The normalized spacial score (nSPS) is 22.5. The minimum absolute atomic E-state index is 0.124. The summed E-state index contributed by atoms with van der Waals surface area (Å²) >= 11 is 0. The number of nitrogens with zero attached hydrogens (tertiary/aromatic N) is 2. The van der Waals surface area contributed by atoms with Gasteiger partial charge in [0.1, 0.15) is 11.9 Å². The Kier molecular flexibility index (Phi) is 4.48. The fourth-order valence-electron chi connectivity index (χ4n) is 2.84. The maximum absolute atomic E-state index is 12.2. The zero-order valence-corrected chi connectivity index (χ0v) is 13.4. The Labute approximate surface area is 144 Å². The average molecular weight is 373 g/mol. The molecule has 26 heavy (non-hydrogen) atoms. The highest BCUT2D eigenvalue weighted by atomic mass is 19.4. The smallest absolute Gasteiger partial charge is 0.476 e. The van der Waals surface area contributed by atoms with Gasteiger partial charge >= 0.3 is 12.3 Å². The number of aromatic amines is 1. The number of methoxy groups -OCH3 is 1. The summed E-state index contributed by atoms with van der Waals surface area (Å²) in [6.07, 6.45) is -4.39. The van der Waals surface area contributed by atoms with E-state index >= 15 is 0 Å². The Bertz CT molecular complexity index is 785. The summed E-state index contributed by atoms with van der Waals surface area (Å²) in [5.41, 5.74) is -0.337. The molecule has 1 aliphatic rings. The second kappa shape index (κ2) is 6.48. The fraction of sp³-hybridized carbons (Fsp3) is 0.400. The number of hydrogen-bond donors (Lipinski definition) is 2. The first-order valence-electron chi connectivity index (χ1n) is 7.45. The summed E-state index contributed by atoms with van der Waals surface area (Å²) in [5, 5.41) is 18.2. The molecule has 1 heterocycles. The third kappa shape index (κ3) is 3.57. The minimum atomic E-state index is -4.75. The van der Waals surface area contributed by atoms with Crippen molar-refractivity contribution in [3.8, 4) is 11.6 Å². The van der Waals surface area contributed by atoms with Gasteiger partial charge in [-0.2, -0.15) is 0 Å². The van der Waals surface area contributed by atoms with E-state index in [1.165, 1.54) is 31.4 Å². The number of H-pyrrole nitrogens is 1. The molecule has 0 atom stereocenters. The van der Waals surface area contributed by atoms with Gasteiger partial charge in [0, 0.05) is 20.0 Å². The zero-order valence-electron chi connectivity index (χ0n) is 13.4. The van der Waals surface area contributed by atoms with Gasteiger partial charge in [0.05, 0.1) is 5.60 Å². The first-order chi connectivity index (χ1) is 12.2. The molecule has 0 spiro atoms. The first kappa shape index (κ1) is 18.0. The third-order valence-electron chi connectivity index (χ3n) is 4.13. The molecule has 0 amide bonds. The molecule has 11 heteroatoms. The molecular weight excluding hydrogens is 359 g/mol. The molecule has 1 aromatic heterocycles. The molecular formula is C15H14F3N3O5. The van der Waals surface area contributed by atoms with Gasteiger partial charge in [-0.1, -0.05) is 22.4 Å². The Morgan fingerprint density at radius 1 is 1.31 bits per heavy atom. The third-order valence-corrected chi connectivity index (χ3v) is 4.13.